The summed E-state index contributed by atoms with van der Waals surface area (Å²) >= 11 is 5.64. The number of hydrogen-bond acceptors (Lipinski definition) is 2. The first kappa shape index (κ1) is 17.1. The summed E-state index contributed by atoms with van der Waals surface area (Å²) in [6.45, 7) is 5.69. The average molecular weight is 323 g/mol. The Bertz CT molecular complexity index is 707. The summed E-state index contributed by atoms with van der Waals surface area (Å²) < 4.78 is 0. The van der Waals surface area contributed by atoms with Crippen molar-refractivity contribution in [3.05, 3.63) is 83.4 Å². The Morgan fingerprint density at radius 2 is 1.57 bits per heavy atom. The van der Waals surface area contributed by atoms with Gasteiger partial charge in [0.2, 0.25) is 0 Å². The highest BCUT2D eigenvalue weighted by Crippen LogP contribution is 2.24. The summed E-state index contributed by atoms with van der Waals surface area (Å²) in [5.74, 6) is -0.0577. The van der Waals surface area contributed by atoms with Gasteiger partial charge in [0.1, 0.15) is 4.99 Å². The average Bonchev–Trinajstić information content (AvgIpc) is 2.62. The van der Waals surface area contributed by atoms with Crippen molar-refractivity contribution in [1.29, 1.82) is 0 Å². The van der Waals surface area contributed by atoms with Crippen molar-refractivity contribution < 1.29 is 4.79 Å². The lowest BCUT2D eigenvalue weighted by atomic mass is 10.0. The zero-order valence-electron chi connectivity index (χ0n) is 13.7. The number of carbonyl (C=O) groups excluding carboxylic acids is 1. The Labute approximate surface area is 143 Å². The predicted molar refractivity (Wildman–Crippen MR) is 99.3 cm³/mol. The molecule has 1 amide bonds. The fourth-order valence-corrected chi connectivity index (χ4v) is 2.74. The lowest BCUT2D eigenvalue weighted by Gasteiger charge is -2.30. The first-order chi connectivity index (χ1) is 11.1. The molecule has 0 aromatic heterocycles. The van der Waals surface area contributed by atoms with E-state index in [4.69, 9.17) is 12.2 Å². The Hall–Kier alpha value is -2.26. The van der Waals surface area contributed by atoms with Crippen LogP contribution in [-0.4, -0.2) is 15.8 Å². The van der Waals surface area contributed by atoms with Crippen molar-refractivity contribution in [2.45, 2.75) is 26.8 Å². The standard InChI is InChI=1S/C20H21NOS/c1-4-15(2)19(22)21(16(3)17-11-7-5-8-12-17)20(23)18-13-9-6-10-14-18/h4-14,16H,1-3H3/b15-4+/t16-/m1/s1. The van der Waals surface area contributed by atoms with Crippen LogP contribution < -0.4 is 0 Å². The molecular formula is C20H21NOS. The zero-order chi connectivity index (χ0) is 16.8. The summed E-state index contributed by atoms with van der Waals surface area (Å²) in [5.41, 5.74) is 2.62. The number of rotatable bonds is 4. The fraction of sp³-hybridized carbons (Fsp3) is 0.200. The van der Waals surface area contributed by atoms with Gasteiger partial charge in [-0.3, -0.25) is 9.69 Å². The van der Waals surface area contributed by atoms with E-state index in [0.717, 1.165) is 11.1 Å². The van der Waals surface area contributed by atoms with Crippen molar-refractivity contribution in [2.75, 3.05) is 0 Å². The van der Waals surface area contributed by atoms with E-state index in [2.05, 4.69) is 0 Å². The van der Waals surface area contributed by atoms with Crippen LogP contribution in [0.4, 0.5) is 0 Å². The number of hydrogen-bond donors (Lipinski definition) is 0. The van der Waals surface area contributed by atoms with Gasteiger partial charge in [0.15, 0.2) is 0 Å². The first-order valence-electron chi connectivity index (χ1n) is 7.67. The van der Waals surface area contributed by atoms with Crippen LogP contribution in [0.25, 0.3) is 0 Å². The van der Waals surface area contributed by atoms with E-state index in [1.165, 1.54) is 0 Å². The molecule has 0 aliphatic carbocycles. The summed E-state index contributed by atoms with van der Waals surface area (Å²) in [4.78, 5) is 15.1. The van der Waals surface area contributed by atoms with Crippen LogP contribution in [0.15, 0.2) is 72.3 Å². The summed E-state index contributed by atoms with van der Waals surface area (Å²) in [5, 5.41) is 0. The monoisotopic (exact) mass is 323 g/mol. The molecule has 0 fully saturated rings. The normalized spacial score (nSPS) is 12.6. The number of thiocarbonyl (C=S) groups is 1. The van der Waals surface area contributed by atoms with Crippen molar-refractivity contribution in [1.82, 2.24) is 4.90 Å². The molecule has 0 saturated heterocycles. The third-order valence-electron chi connectivity index (χ3n) is 3.90. The summed E-state index contributed by atoms with van der Waals surface area (Å²) in [6, 6.07) is 19.5. The van der Waals surface area contributed by atoms with Gasteiger partial charge in [-0.05, 0) is 26.3 Å². The molecule has 0 saturated carbocycles. The lowest BCUT2D eigenvalue weighted by Crippen LogP contribution is -2.38. The SMILES string of the molecule is C/C=C(\C)C(=O)N(C(=S)c1ccccc1)[C@H](C)c1ccccc1. The van der Waals surface area contributed by atoms with Crippen molar-refractivity contribution in [3.63, 3.8) is 0 Å². The second-order valence-corrected chi connectivity index (χ2v) is 5.79. The van der Waals surface area contributed by atoms with Gasteiger partial charge in [0.25, 0.3) is 5.91 Å². The molecule has 0 aliphatic heterocycles. The number of carbonyl (C=O) groups is 1. The highest BCUT2D eigenvalue weighted by atomic mass is 32.1. The molecule has 2 aromatic rings. The molecule has 0 radical (unpaired) electrons. The lowest BCUT2D eigenvalue weighted by molar-refractivity contribution is -0.124. The molecule has 2 rings (SSSR count). The van der Waals surface area contributed by atoms with Crippen LogP contribution in [0.3, 0.4) is 0 Å². The second kappa shape index (κ2) is 7.84. The Balaban J connectivity index is 2.44. The maximum atomic E-state index is 12.9. The third-order valence-corrected chi connectivity index (χ3v) is 4.33. The molecule has 0 aliphatic rings. The molecule has 1 atom stereocenters. The van der Waals surface area contributed by atoms with Crippen molar-refractivity contribution in [3.8, 4) is 0 Å². The van der Waals surface area contributed by atoms with Gasteiger partial charge in [0.05, 0.1) is 6.04 Å². The van der Waals surface area contributed by atoms with Gasteiger partial charge >= 0.3 is 0 Å². The molecule has 23 heavy (non-hydrogen) atoms. The largest absolute Gasteiger partial charge is 0.291 e. The highest BCUT2D eigenvalue weighted by molar-refractivity contribution is 7.80. The maximum absolute atomic E-state index is 12.9. The molecule has 2 aromatic carbocycles. The minimum Gasteiger partial charge on any atom is -0.291 e. The van der Waals surface area contributed by atoms with E-state index in [0.29, 0.717) is 10.6 Å². The quantitative estimate of drug-likeness (QED) is 0.588. The van der Waals surface area contributed by atoms with Crippen molar-refractivity contribution >= 4 is 23.1 Å². The van der Waals surface area contributed by atoms with Gasteiger partial charge in [-0.15, -0.1) is 0 Å². The molecule has 0 heterocycles. The van der Waals surface area contributed by atoms with E-state index in [-0.39, 0.29) is 11.9 Å². The fourth-order valence-electron chi connectivity index (χ4n) is 2.36. The van der Waals surface area contributed by atoms with Crippen LogP contribution in [0, 0.1) is 0 Å². The Morgan fingerprint density at radius 3 is 2.09 bits per heavy atom. The molecule has 118 valence electrons. The number of amides is 1. The van der Waals surface area contributed by atoms with E-state index < -0.39 is 0 Å². The smallest absolute Gasteiger partial charge is 0.254 e. The van der Waals surface area contributed by atoms with Gasteiger partial charge in [-0.25, -0.2) is 0 Å². The van der Waals surface area contributed by atoms with E-state index in [1.807, 2.05) is 87.5 Å². The molecule has 2 nitrogen and oxygen atoms in total. The van der Waals surface area contributed by atoms with Crippen LogP contribution in [0.5, 0.6) is 0 Å². The summed E-state index contributed by atoms with van der Waals surface area (Å²) in [7, 11) is 0. The molecule has 0 spiro atoms. The topological polar surface area (TPSA) is 20.3 Å². The Morgan fingerprint density at radius 1 is 1.04 bits per heavy atom. The maximum Gasteiger partial charge on any atom is 0.254 e. The van der Waals surface area contributed by atoms with Gasteiger partial charge in [-0.1, -0.05) is 79.0 Å². The molecular weight excluding hydrogens is 302 g/mol. The van der Waals surface area contributed by atoms with E-state index >= 15 is 0 Å². The van der Waals surface area contributed by atoms with E-state index in [9.17, 15) is 4.79 Å². The molecule has 0 N–H and O–H groups in total. The van der Waals surface area contributed by atoms with Crippen LogP contribution in [-0.2, 0) is 4.79 Å². The molecule has 3 heteroatoms. The minimum absolute atomic E-state index is 0.0577. The van der Waals surface area contributed by atoms with Gasteiger partial charge < -0.3 is 0 Å². The van der Waals surface area contributed by atoms with Crippen LogP contribution in [0.2, 0.25) is 0 Å². The summed E-state index contributed by atoms with van der Waals surface area (Å²) in [6.07, 6.45) is 1.82. The van der Waals surface area contributed by atoms with Crippen molar-refractivity contribution in [2.24, 2.45) is 0 Å². The van der Waals surface area contributed by atoms with Gasteiger partial charge in [-0.2, -0.15) is 0 Å². The molecule has 0 bridgehead atoms. The van der Waals surface area contributed by atoms with Crippen LogP contribution >= 0.6 is 12.2 Å². The predicted octanol–water partition coefficient (Wildman–Crippen LogP) is 4.92. The minimum atomic E-state index is -0.133. The first-order valence-corrected chi connectivity index (χ1v) is 8.08. The number of allylic oxidation sites excluding steroid dienone is 1. The van der Waals surface area contributed by atoms with E-state index in [1.54, 1.807) is 4.90 Å². The van der Waals surface area contributed by atoms with Crippen LogP contribution in [0.1, 0.15) is 37.9 Å². The second-order valence-electron chi connectivity index (χ2n) is 5.40. The highest BCUT2D eigenvalue weighted by Gasteiger charge is 2.26. The third kappa shape index (κ3) is 3.93. The zero-order valence-corrected chi connectivity index (χ0v) is 14.5. The number of nitrogens with zero attached hydrogens (tertiary/aromatic N) is 1. The Kier molecular flexibility index (Phi) is 5.83. The molecule has 0 unspecified atom stereocenters. The van der Waals surface area contributed by atoms with Gasteiger partial charge in [0, 0.05) is 11.1 Å². The number of benzene rings is 2.